The first-order valence-electron chi connectivity index (χ1n) is 7.99. The zero-order chi connectivity index (χ0) is 18.1. The van der Waals surface area contributed by atoms with E-state index < -0.39 is 6.09 Å². The van der Waals surface area contributed by atoms with Gasteiger partial charge in [-0.15, -0.1) is 0 Å². The van der Waals surface area contributed by atoms with Crippen LogP contribution in [-0.4, -0.2) is 31.7 Å². The van der Waals surface area contributed by atoms with E-state index in [0.717, 1.165) is 0 Å². The molecule has 2 aromatic carbocycles. The number of anilines is 1. The van der Waals surface area contributed by atoms with Gasteiger partial charge in [0, 0.05) is 11.8 Å². The van der Waals surface area contributed by atoms with Gasteiger partial charge in [-0.2, -0.15) is 0 Å². The van der Waals surface area contributed by atoms with Crippen LogP contribution < -0.4 is 14.8 Å². The van der Waals surface area contributed by atoms with E-state index in [4.69, 9.17) is 14.2 Å². The van der Waals surface area contributed by atoms with Crippen molar-refractivity contribution in [2.45, 2.75) is 13.8 Å². The summed E-state index contributed by atoms with van der Waals surface area (Å²) in [5, 5.41) is 2.61. The molecule has 132 valence electrons. The number of ketones is 1. The molecule has 0 aliphatic heterocycles. The third-order valence-corrected chi connectivity index (χ3v) is 3.23. The van der Waals surface area contributed by atoms with E-state index in [0.29, 0.717) is 42.6 Å². The highest BCUT2D eigenvalue weighted by molar-refractivity contribution is 5.96. The number of rotatable bonds is 8. The van der Waals surface area contributed by atoms with Crippen LogP contribution in [-0.2, 0) is 4.74 Å². The number of hydrogen-bond donors (Lipinski definition) is 1. The zero-order valence-electron chi connectivity index (χ0n) is 14.3. The van der Waals surface area contributed by atoms with Crippen LogP contribution in [0.15, 0.2) is 48.5 Å². The molecule has 0 fully saturated rings. The second-order valence-electron chi connectivity index (χ2n) is 5.12. The molecule has 6 heteroatoms. The summed E-state index contributed by atoms with van der Waals surface area (Å²) in [4.78, 5) is 22.9. The van der Waals surface area contributed by atoms with Gasteiger partial charge in [-0.05, 0) is 38.1 Å². The van der Waals surface area contributed by atoms with E-state index in [9.17, 15) is 9.59 Å². The van der Waals surface area contributed by atoms with E-state index in [1.165, 1.54) is 6.92 Å². The van der Waals surface area contributed by atoms with E-state index in [-0.39, 0.29) is 5.78 Å². The third kappa shape index (κ3) is 5.84. The van der Waals surface area contributed by atoms with Crippen molar-refractivity contribution in [1.82, 2.24) is 0 Å². The molecule has 0 saturated heterocycles. The number of hydrogen-bond acceptors (Lipinski definition) is 5. The monoisotopic (exact) mass is 343 g/mol. The Kier molecular flexibility index (Phi) is 6.83. The van der Waals surface area contributed by atoms with Crippen LogP contribution >= 0.6 is 0 Å². The number of para-hydroxylation sites is 1. The highest BCUT2D eigenvalue weighted by atomic mass is 16.5. The summed E-state index contributed by atoms with van der Waals surface area (Å²) in [6.45, 7) is 4.14. The van der Waals surface area contributed by atoms with E-state index in [2.05, 4.69) is 5.32 Å². The Hall–Kier alpha value is -3.02. The number of nitrogens with one attached hydrogen (secondary N) is 1. The third-order valence-electron chi connectivity index (χ3n) is 3.23. The molecule has 1 N–H and O–H groups in total. The Morgan fingerprint density at radius 3 is 2.52 bits per heavy atom. The van der Waals surface area contributed by atoms with Gasteiger partial charge < -0.3 is 14.2 Å². The van der Waals surface area contributed by atoms with E-state index in [1.54, 1.807) is 49.4 Å². The molecule has 0 radical (unpaired) electrons. The van der Waals surface area contributed by atoms with Gasteiger partial charge in [0.15, 0.2) is 5.78 Å². The molecule has 0 bridgehead atoms. The SMILES string of the molecule is CCOC(=O)Nc1cccc(OCCOc2ccccc2C(C)=O)c1. The maximum Gasteiger partial charge on any atom is 0.411 e. The number of Topliss-reactive ketones (excluding diaryl/α,β-unsaturated/α-hetero) is 1. The van der Waals surface area contributed by atoms with Gasteiger partial charge in [0.1, 0.15) is 24.7 Å². The normalized spacial score (nSPS) is 10.0. The van der Waals surface area contributed by atoms with Crippen molar-refractivity contribution in [2.75, 3.05) is 25.1 Å². The van der Waals surface area contributed by atoms with E-state index in [1.807, 2.05) is 6.07 Å². The molecule has 0 aromatic heterocycles. The summed E-state index contributed by atoms with van der Waals surface area (Å²) in [5.74, 6) is 1.09. The lowest BCUT2D eigenvalue weighted by Gasteiger charge is -2.11. The first-order valence-corrected chi connectivity index (χ1v) is 7.99. The van der Waals surface area contributed by atoms with Crippen molar-refractivity contribution in [3.8, 4) is 11.5 Å². The molecule has 2 aromatic rings. The minimum absolute atomic E-state index is 0.0470. The average Bonchev–Trinajstić information content (AvgIpc) is 2.59. The van der Waals surface area contributed by atoms with Crippen molar-refractivity contribution in [3.05, 3.63) is 54.1 Å². The molecule has 0 aliphatic rings. The van der Waals surface area contributed by atoms with Crippen molar-refractivity contribution in [1.29, 1.82) is 0 Å². The van der Waals surface area contributed by atoms with Crippen LogP contribution in [0.3, 0.4) is 0 Å². The predicted molar refractivity (Wildman–Crippen MR) is 94.5 cm³/mol. The molecular weight excluding hydrogens is 322 g/mol. The van der Waals surface area contributed by atoms with Crippen LogP contribution in [0.1, 0.15) is 24.2 Å². The fourth-order valence-corrected chi connectivity index (χ4v) is 2.14. The van der Waals surface area contributed by atoms with Gasteiger partial charge in [0.2, 0.25) is 0 Å². The lowest BCUT2D eigenvalue weighted by Crippen LogP contribution is -2.13. The fourth-order valence-electron chi connectivity index (χ4n) is 2.14. The maximum atomic E-state index is 11.5. The summed E-state index contributed by atoms with van der Waals surface area (Å²) in [5.41, 5.74) is 1.13. The topological polar surface area (TPSA) is 73.9 Å². The van der Waals surface area contributed by atoms with Crippen molar-refractivity contribution in [2.24, 2.45) is 0 Å². The second kappa shape index (κ2) is 9.32. The Labute approximate surface area is 146 Å². The number of ether oxygens (including phenoxy) is 3. The summed E-state index contributed by atoms with van der Waals surface area (Å²) in [7, 11) is 0. The summed E-state index contributed by atoms with van der Waals surface area (Å²) in [6.07, 6.45) is -0.510. The van der Waals surface area contributed by atoms with Gasteiger partial charge >= 0.3 is 6.09 Å². The van der Waals surface area contributed by atoms with E-state index >= 15 is 0 Å². The minimum atomic E-state index is -0.510. The number of carbonyl (C=O) groups is 2. The number of benzene rings is 2. The van der Waals surface area contributed by atoms with Crippen LogP contribution in [0, 0.1) is 0 Å². The smallest absolute Gasteiger partial charge is 0.411 e. The molecular formula is C19H21NO5. The predicted octanol–water partition coefficient (Wildman–Crippen LogP) is 3.92. The molecule has 0 heterocycles. The molecule has 2 rings (SSSR count). The van der Waals surface area contributed by atoms with Crippen LogP contribution in [0.25, 0.3) is 0 Å². The lowest BCUT2D eigenvalue weighted by molar-refractivity contribution is 0.101. The molecule has 0 aliphatic carbocycles. The first kappa shape index (κ1) is 18.3. The average molecular weight is 343 g/mol. The fraction of sp³-hybridized carbons (Fsp3) is 0.263. The van der Waals surface area contributed by atoms with Crippen molar-refractivity contribution < 1.29 is 23.8 Å². The minimum Gasteiger partial charge on any atom is -0.490 e. The zero-order valence-corrected chi connectivity index (χ0v) is 14.3. The largest absolute Gasteiger partial charge is 0.490 e. The Morgan fingerprint density at radius 1 is 1.00 bits per heavy atom. The van der Waals surface area contributed by atoms with Crippen LogP contribution in [0.5, 0.6) is 11.5 Å². The van der Waals surface area contributed by atoms with Gasteiger partial charge in [0.05, 0.1) is 12.2 Å². The van der Waals surface area contributed by atoms with Gasteiger partial charge in [-0.25, -0.2) is 4.79 Å². The Bertz CT molecular complexity index is 729. The van der Waals surface area contributed by atoms with Crippen LogP contribution in [0.2, 0.25) is 0 Å². The Balaban J connectivity index is 1.84. The number of carbonyl (C=O) groups excluding carboxylic acids is 2. The second-order valence-corrected chi connectivity index (χ2v) is 5.12. The maximum absolute atomic E-state index is 11.5. The molecule has 0 saturated carbocycles. The summed E-state index contributed by atoms with van der Waals surface area (Å²) in [6, 6.07) is 14.1. The number of amides is 1. The first-order chi connectivity index (χ1) is 12.1. The van der Waals surface area contributed by atoms with Gasteiger partial charge in [0.25, 0.3) is 0 Å². The molecule has 0 atom stereocenters. The van der Waals surface area contributed by atoms with Crippen molar-refractivity contribution in [3.63, 3.8) is 0 Å². The van der Waals surface area contributed by atoms with Crippen molar-refractivity contribution >= 4 is 17.6 Å². The molecule has 0 unspecified atom stereocenters. The molecule has 6 nitrogen and oxygen atoms in total. The highest BCUT2D eigenvalue weighted by Gasteiger charge is 2.07. The highest BCUT2D eigenvalue weighted by Crippen LogP contribution is 2.19. The molecule has 1 amide bonds. The summed E-state index contributed by atoms with van der Waals surface area (Å²) >= 11 is 0. The van der Waals surface area contributed by atoms with Gasteiger partial charge in [-0.3, -0.25) is 10.1 Å². The lowest BCUT2D eigenvalue weighted by atomic mass is 10.1. The molecule has 0 spiro atoms. The van der Waals surface area contributed by atoms with Gasteiger partial charge in [-0.1, -0.05) is 18.2 Å². The Morgan fingerprint density at radius 2 is 1.76 bits per heavy atom. The quantitative estimate of drug-likeness (QED) is 0.581. The van der Waals surface area contributed by atoms with Crippen LogP contribution in [0.4, 0.5) is 10.5 Å². The summed E-state index contributed by atoms with van der Waals surface area (Å²) < 4.78 is 16.0. The molecule has 25 heavy (non-hydrogen) atoms. The standard InChI is InChI=1S/C19H21NO5/c1-3-23-19(22)20-15-7-6-8-16(13-15)24-11-12-25-18-10-5-4-9-17(18)14(2)21/h4-10,13H,3,11-12H2,1-2H3,(H,20,22).